The Morgan fingerprint density at radius 1 is 0.929 bits per heavy atom. The first-order chi connectivity index (χ1) is 13.5. The standard InChI is InChI=1S/C21H18N2O5/c1-13-16(21(26)27-2)8-4-9-17(13)23-19(24)14-6-3-7-15(12-14)22-20(25)18-10-5-11-28-18/h3-12H,1-2H3,(H,22,25)(H,23,24). The Morgan fingerprint density at radius 3 is 2.43 bits per heavy atom. The number of methoxy groups -OCH3 is 1. The van der Waals surface area contributed by atoms with Crippen LogP contribution in [0, 0.1) is 6.92 Å². The van der Waals surface area contributed by atoms with Gasteiger partial charge < -0.3 is 19.8 Å². The monoisotopic (exact) mass is 378 g/mol. The van der Waals surface area contributed by atoms with Crippen molar-refractivity contribution in [3.63, 3.8) is 0 Å². The number of anilines is 2. The third-order valence-corrected chi connectivity index (χ3v) is 4.11. The van der Waals surface area contributed by atoms with Crippen LogP contribution in [0.1, 0.15) is 36.8 Å². The Bertz CT molecular complexity index is 1030. The van der Waals surface area contributed by atoms with Crippen LogP contribution in [-0.4, -0.2) is 24.9 Å². The highest BCUT2D eigenvalue weighted by atomic mass is 16.5. The van der Waals surface area contributed by atoms with E-state index < -0.39 is 11.9 Å². The summed E-state index contributed by atoms with van der Waals surface area (Å²) in [5, 5.41) is 5.45. The summed E-state index contributed by atoms with van der Waals surface area (Å²) >= 11 is 0. The molecule has 142 valence electrons. The number of furan rings is 1. The number of nitrogens with one attached hydrogen (secondary N) is 2. The highest BCUT2D eigenvalue weighted by molar-refractivity contribution is 6.07. The second-order valence-electron chi connectivity index (χ2n) is 5.94. The Morgan fingerprint density at radius 2 is 1.71 bits per heavy atom. The van der Waals surface area contributed by atoms with Crippen molar-refractivity contribution in [2.24, 2.45) is 0 Å². The average molecular weight is 378 g/mol. The van der Waals surface area contributed by atoms with Crippen LogP contribution >= 0.6 is 0 Å². The Labute approximate surface area is 161 Å². The molecule has 3 aromatic rings. The smallest absolute Gasteiger partial charge is 0.338 e. The quantitative estimate of drug-likeness (QED) is 0.657. The van der Waals surface area contributed by atoms with Crippen LogP contribution in [0.2, 0.25) is 0 Å². The minimum absolute atomic E-state index is 0.171. The van der Waals surface area contributed by atoms with Gasteiger partial charge in [0.25, 0.3) is 11.8 Å². The number of ether oxygens (including phenoxy) is 1. The fraction of sp³-hybridized carbons (Fsp3) is 0.0952. The topological polar surface area (TPSA) is 97.6 Å². The van der Waals surface area contributed by atoms with Gasteiger partial charge in [-0.3, -0.25) is 9.59 Å². The average Bonchev–Trinajstić information content (AvgIpc) is 3.24. The van der Waals surface area contributed by atoms with E-state index in [1.807, 2.05) is 0 Å². The molecule has 7 nitrogen and oxygen atoms in total. The van der Waals surface area contributed by atoms with E-state index in [1.165, 1.54) is 13.4 Å². The van der Waals surface area contributed by atoms with E-state index in [0.717, 1.165) is 0 Å². The first-order valence-corrected chi connectivity index (χ1v) is 8.44. The first-order valence-electron chi connectivity index (χ1n) is 8.44. The largest absolute Gasteiger partial charge is 0.465 e. The predicted octanol–water partition coefficient (Wildman–Crippen LogP) is 3.88. The van der Waals surface area contributed by atoms with Gasteiger partial charge in [0.15, 0.2) is 5.76 Å². The minimum atomic E-state index is -0.476. The highest BCUT2D eigenvalue weighted by Gasteiger charge is 2.15. The molecule has 2 aromatic carbocycles. The molecule has 28 heavy (non-hydrogen) atoms. The fourth-order valence-electron chi connectivity index (χ4n) is 2.64. The van der Waals surface area contributed by atoms with Gasteiger partial charge in [0.2, 0.25) is 0 Å². The lowest BCUT2D eigenvalue weighted by atomic mass is 10.1. The Kier molecular flexibility index (Phi) is 5.55. The molecule has 0 spiro atoms. The van der Waals surface area contributed by atoms with Gasteiger partial charge in [-0.05, 0) is 55.0 Å². The molecule has 0 atom stereocenters. The molecule has 0 fully saturated rings. The molecule has 0 bridgehead atoms. The van der Waals surface area contributed by atoms with Crippen molar-refractivity contribution in [1.82, 2.24) is 0 Å². The number of amides is 2. The number of hydrogen-bond acceptors (Lipinski definition) is 5. The summed E-state index contributed by atoms with van der Waals surface area (Å²) in [5.74, 6) is -1.09. The van der Waals surface area contributed by atoms with Crippen molar-refractivity contribution in [3.05, 3.63) is 83.3 Å². The van der Waals surface area contributed by atoms with Crippen LogP contribution in [-0.2, 0) is 4.74 Å². The van der Waals surface area contributed by atoms with Gasteiger partial charge in [-0.15, -0.1) is 0 Å². The lowest BCUT2D eigenvalue weighted by Gasteiger charge is -2.12. The van der Waals surface area contributed by atoms with Crippen LogP contribution in [0.5, 0.6) is 0 Å². The van der Waals surface area contributed by atoms with Gasteiger partial charge in [-0.25, -0.2) is 4.79 Å². The number of benzene rings is 2. The molecule has 0 aliphatic heterocycles. The molecule has 0 aliphatic rings. The summed E-state index contributed by atoms with van der Waals surface area (Å²) in [6.45, 7) is 1.72. The van der Waals surface area contributed by atoms with E-state index in [-0.39, 0.29) is 11.7 Å². The molecular formula is C21H18N2O5. The lowest BCUT2D eigenvalue weighted by molar-refractivity contribution is 0.0599. The van der Waals surface area contributed by atoms with Crippen molar-refractivity contribution < 1.29 is 23.5 Å². The van der Waals surface area contributed by atoms with Crippen LogP contribution in [0.4, 0.5) is 11.4 Å². The van der Waals surface area contributed by atoms with E-state index in [2.05, 4.69) is 10.6 Å². The number of esters is 1. The van der Waals surface area contributed by atoms with Crippen molar-refractivity contribution in [3.8, 4) is 0 Å². The van der Waals surface area contributed by atoms with Gasteiger partial charge in [0.1, 0.15) is 0 Å². The number of rotatable bonds is 5. The zero-order chi connectivity index (χ0) is 20.1. The van der Waals surface area contributed by atoms with Crippen LogP contribution < -0.4 is 10.6 Å². The van der Waals surface area contributed by atoms with Crippen LogP contribution in [0.3, 0.4) is 0 Å². The van der Waals surface area contributed by atoms with Crippen molar-refractivity contribution in [1.29, 1.82) is 0 Å². The Balaban J connectivity index is 1.77. The van der Waals surface area contributed by atoms with E-state index in [0.29, 0.717) is 28.1 Å². The number of carbonyl (C=O) groups excluding carboxylic acids is 3. The summed E-state index contributed by atoms with van der Waals surface area (Å²) in [5.41, 5.74) is 2.27. The minimum Gasteiger partial charge on any atom is -0.465 e. The molecule has 0 unspecified atom stereocenters. The third-order valence-electron chi connectivity index (χ3n) is 4.11. The van der Waals surface area contributed by atoms with Crippen molar-refractivity contribution >= 4 is 29.2 Å². The second kappa shape index (κ2) is 8.22. The van der Waals surface area contributed by atoms with Crippen LogP contribution in [0.25, 0.3) is 0 Å². The SMILES string of the molecule is COC(=O)c1cccc(NC(=O)c2cccc(NC(=O)c3ccco3)c2)c1C. The Hall–Kier alpha value is -3.87. The molecule has 1 aromatic heterocycles. The van der Waals surface area contributed by atoms with Crippen LogP contribution in [0.15, 0.2) is 65.3 Å². The molecule has 1 heterocycles. The number of carbonyl (C=O) groups is 3. The summed E-state index contributed by atoms with van der Waals surface area (Å²) in [7, 11) is 1.30. The highest BCUT2D eigenvalue weighted by Crippen LogP contribution is 2.21. The van der Waals surface area contributed by atoms with Gasteiger partial charge in [-0.2, -0.15) is 0 Å². The number of hydrogen-bond donors (Lipinski definition) is 2. The molecule has 0 saturated carbocycles. The molecule has 2 amide bonds. The van der Waals surface area contributed by atoms with Gasteiger partial charge in [0.05, 0.1) is 18.9 Å². The first kappa shape index (κ1) is 18.9. The second-order valence-corrected chi connectivity index (χ2v) is 5.94. The van der Waals surface area contributed by atoms with Gasteiger partial charge in [-0.1, -0.05) is 12.1 Å². The zero-order valence-electron chi connectivity index (χ0n) is 15.3. The summed E-state index contributed by atoms with van der Waals surface area (Å²) in [4.78, 5) is 36.5. The normalized spacial score (nSPS) is 10.2. The van der Waals surface area contributed by atoms with E-state index in [1.54, 1.807) is 61.5 Å². The fourth-order valence-corrected chi connectivity index (χ4v) is 2.64. The molecule has 3 rings (SSSR count). The predicted molar refractivity (Wildman–Crippen MR) is 104 cm³/mol. The summed E-state index contributed by atoms with van der Waals surface area (Å²) in [6, 6.07) is 14.6. The molecule has 7 heteroatoms. The van der Waals surface area contributed by atoms with E-state index in [9.17, 15) is 14.4 Å². The van der Waals surface area contributed by atoms with Crippen molar-refractivity contribution in [2.75, 3.05) is 17.7 Å². The molecule has 2 N–H and O–H groups in total. The van der Waals surface area contributed by atoms with Crippen molar-refractivity contribution in [2.45, 2.75) is 6.92 Å². The summed E-state index contributed by atoms with van der Waals surface area (Å²) in [6.07, 6.45) is 1.41. The molecule has 0 radical (unpaired) electrons. The summed E-state index contributed by atoms with van der Waals surface area (Å²) < 4.78 is 9.79. The lowest BCUT2D eigenvalue weighted by Crippen LogP contribution is -2.15. The maximum Gasteiger partial charge on any atom is 0.338 e. The maximum absolute atomic E-state index is 12.6. The van der Waals surface area contributed by atoms with Gasteiger partial charge in [0, 0.05) is 16.9 Å². The molecule has 0 aliphatic carbocycles. The van der Waals surface area contributed by atoms with E-state index in [4.69, 9.17) is 9.15 Å². The molecule has 0 saturated heterocycles. The zero-order valence-corrected chi connectivity index (χ0v) is 15.3. The van der Waals surface area contributed by atoms with E-state index >= 15 is 0 Å². The molecular weight excluding hydrogens is 360 g/mol. The third kappa shape index (κ3) is 4.09. The maximum atomic E-state index is 12.6. The van der Waals surface area contributed by atoms with Gasteiger partial charge >= 0.3 is 5.97 Å².